The summed E-state index contributed by atoms with van der Waals surface area (Å²) in [4.78, 5) is 1.96. The van der Waals surface area contributed by atoms with Crippen molar-refractivity contribution >= 4 is 11.8 Å². The molecular weight excluding hydrogens is 247 g/mol. The fourth-order valence-corrected chi connectivity index (χ4v) is 2.68. The van der Waals surface area contributed by atoms with Crippen molar-refractivity contribution < 1.29 is 9.50 Å². The van der Waals surface area contributed by atoms with Crippen LogP contribution in [-0.4, -0.2) is 5.11 Å². The molecule has 0 amide bonds. The van der Waals surface area contributed by atoms with Crippen LogP contribution in [0.25, 0.3) is 0 Å². The van der Waals surface area contributed by atoms with E-state index in [1.807, 2.05) is 31.2 Å². The van der Waals surface area contributed by atoms with Gasteiger partial charge in [-0.3, -0.25) is 0 Å². The minimum Gasteiger partial charge on any atom is -0.389 e. The Hall–Kier alpha value is -1.32. The Morgan fingerprint density at radius 1 is 1.11 bits per heavy atom. The summed E-state index contributed by atoms with van der Waals surface area (Å²) in [5.41, 5.74) is 1.83. The topological polar surface area (TPSA) is 20.2 Å². The third-order valence-electron chi connectivity index (χ3n) is 2.67. The molecule has 1 atom stereocenters. The summed E-state index contributed by atoms with van der Waals surface area (Å²) in [5, 5.41) is 9.67. The second-order valence-corrected chi connectivity index (χ2v) is 5.39. The highest BCUT2D eigenvalue weighted by Crippen LogP contribution is 2.33. The predicted octanol–water partition coefficient (Wildman–Crippen LogP) is 4.34. The van der Waals surface area contributed by atoms with Gasteiger partial charge in [0.2, 0.25) is 0 Å². The number of aliphatic hydroxyl groups is 1. The van der Waals surface area contributed by atoms with Crippen LogP contribution >= 0.6 is 11.8 Å². The maximum Gasteiger partial charge on any atom is 0.123 e. The Kier molecular flexibility index (Phi) is 4.04. The first kappa shape index (κ1) is 13.1. The van der Waals surface area contributed by atoms with E-state index < -0.39 is 6.10 Å². The van der Waals surface area contributed by atoms with Crippen molar-refractivity contribution in [3.8, 4) is 0 Å². The molecule has 0 aliphatic carbocycles. The molecule has 3 heteroatoms. The van der Waals surface area contributed by atoms with E-state index in [0.717, 1.165) is 9.79 Å². The summed E-state index contributed by atoms with van der Waals surface area (Å²) >= 11 is 1.53. The average molecular weight is 262 g/mol. The van der Waals surface area contributed by atoms with Crippen molar-refractivity contribution in [2.75, 3.05) is 0 Å². The van der Waals surface area contributed by atoms with E-state index >= 15 is 0 Å². The van der Waals surface area contributed by atoms with Gasteiger partial charge in [0, 0.05) is 9.79 Å². The molecule has 0 saturated heterocycles. The molecule has 0 aliphatic rings. The zero-order valence-corrected chi connectivity index (χ0v) is 11.2. The van der Waals surface area contributed by atoms with Gasteiger partial charge in [0.25, 0.3) is 0 Å². The SMILES string of the molecule is Cc1ccc(Sc2ccc(F)cc2[C@@H](C)O)cc1. The third-order valence-corrected chi connectivity index (χ3v) is 3.77. The Morgan fingerprint density at radius 3 is 2.39 bits per heavy atom. The Morgan fingerprint density at radius 2 is 1.78 bits per heavy atom. The second kappa shape index (κ2) is 5.55. The van der Waals surface area contributed by atoms with Crippen LogP contribution in [0.2, 0.25) is 0 Å². The number of benzene rings is 2. The van der Waals surface area contributed by atoms with E-state index in [9.17, 15) is 9.50 Å². The van der Waals surface area contributed by atoms with Crippen LogP contribution in [0.1, 0.15) is 24.2 Å². The van der Waals surface area contributed by atoms with Gasteiger partial charge in [0.1, 0.15) is 5.82 Å². The first-order chi connectivity index (χ1) is 8.56. The summed E-state index contributed by atoms with van der Waals surface area (Å²) in [7, 11) is 0. The van der Waals surface area contributed by atoms with Crippen LogP contribution in [0.5, 0.6) is 0 Å². The average Bonchev–Trinajstić information content (AvgIpc) is 2.34. The van der Waals surface area contributed by atoms with Gasteiger partial charge in [-0.15, -0.1) is 0 Å². The number of halogens is 1. The lowest BCUT2D eigenvalue weighted by Gasteiger charge is -2.11. The molecule has 0 aliphatic heterocycles. The molecule has 0 bridgehead atoms. The third kappa shape index (κ3) is 3.12. The van der Waals surface area contributed by atoms with Crippen LogP contribution < -0.4 is 0 Å². The highest BCUT2D eigenvalue weighted by atomic mass is 32.2. The molecule has 0 radical (unpaired) electrons. The van der Waals surface area contributed by atoms with Crippen LogP contribution in [0.4, 0.5) is 4.39 Å². The van der Waals surface area contributed by atoms with Gasteiger partial charge in [-0.2, -0.15) is 0 Å². The molecule has 94 valence electrons. The minimum atomic E-state index is -0.673. The quantitative estimate of drug-likeness (QED) is 0.888. The Bertz CT molecular complexity index is 535. The highest BCUT2D eigenvalue weighted by Gasteiger charge is 2.10. The molecule has 0 unspecified atom stereocenters. The van der Waals surface area contributed by atoms with Crippen molar-refractivity contribution in [1.82, 2.24) is 0 Å². The molecule has 0 fully saturated rings. The fourth-order valence-electron chi connectivity index (χ4n) is 1.67. The van der Waals surface area contributed by atoms with Gasteiger partial charge in [0.05, 0.1) is 6.10 Å². The molecule has 2 aromatic carbocycles. The largest absolute Gasteiger partial charge is 0.389 e. The molecule has 18 heavy (non-hydrogen) atoms. The van der Waals surface area contributed by atoms with Crippen molar-refractivity contribution in [3.63, 3.8) is 0 Å². The number of aliphatic hydroxyl groups excluding tert-OH is 1. The van der Waals surface area contributed by atoms with E-state index in [-0.39, 0.29) is 5.82 Å². The zero-order valence-electron chi connectivity index (χ0n) is 10.4. The Balaban J connectivity index is 2.31. The van der Waals surface area contributed by atoms with Crippen molar-refractivity contribution in [2.45, 2.75) is 29.7 Å². The van der Waals surface area contributed by atoms with Crippen molar-refractivity contribution in [1.29, 1.82) is 0 Å². The summed E-state index contributed by atoms with van der Waals surface area (Å²) in [6, 6.07) is 12.6. The second-order valence-electron chi connectivity index (χ2n) is 4.27. The van der Waals surface area contributed by atoms with Gasteiger partial charge in [-0.1, -0.05) is 29.5 Å². The number of rotatable bonds is 3. The van der Waals surface area contributed by atoms with Gasteiger partial charge in [0.15, 0.2) is 0 Å². The van der Waals surface area contributed by atoms with E-state index in [1.54, 1.807) is 13.0 Å². The molecule has 0 heterocycles. The van der Waals surface area contributed by atoms with E-state index in [2.05, 4.69) is 0 Å². The molecular formula is C15H15FOS. The molecule has 0 aromatic heterocycles. The summed E-state index contributed by atoms with van der Waals surface area (Å²) in [5.74, 6) is -0.320. The lowest BCUT2D eigenvalue weighted by atomic mass is 10.1. The van der Waals surface area contributed by atoms with Gasteiger partial charge in [-0.05, 0) is 49.7 Å². The summed E-state index contributed by atoms with van der Waals surface area (Å²) in [6.45, 7) is 3.68. The molecule has 1 N–H and O–H groups in total. The van der Waals surface area contributed by atoms with E-state index in [1.165, 1.54) is 29.5 Å². The lowest BCUT2D eigenvalue weighted by molar-refractivity contribution is 0.196. The molecule has 1 nitrogen and oxygen atoms in total. The lowest BCUT2D eigenvalue weighted by Crippen LogP contribution is -1.95. The van der Waals surface area contributed by atoms with E-state index in [0.29, 0.717) is 5.56 Å². The first-order valence-corrected chi connectivity index (χ1v) is 6.60. The van der Waals surface area contributed by atoms with Crippen LogP contribution in [0.3, 0.4) is 0 Å². The molecule has 0 saturated carbocycles. The number of aryl methyl sites for hydroxylation is 1. The normalized spacial score (nSPS) is 12.4. The van der Waals surface area contributed by atoms with Crippen molar-refractivity contribution in [3.05, 3.63) is 59.4 Å². The van der Waals surface area contributed by atoms with Gasteiger partial charge >= 0.3 is 0 Å². The predicted molar refractivity (Wildman–Crippen MR) is 72.3 cm³/mol. The minimum absolute atomic E-state index is 0.320. The summed E-state index contributed by atoms with van der Waals surface area (Å²) < 4.78 is 13.2. The van der Waals surface area contributed by atoms with Crippen molar-refractivity contribution in [2.24, 2.45) is 0 Å². The van der Waals surface area contributed by atoms with Crippen LogP contribution in [-0.2, 0) is 0 Å². The number of hydrogen-bond donors (Lipinski definition) is 1. The molecule has 0 spiro atoms. The Labute approximate surface area is 111 Å². The summed E-state index contributed by atoms with van der Waals surface area (Å²) in [6.07, 6.45) is -0.673. The van der Waals surface area contributed by atoms with Crippen LogP contribution in [0, 0.1) is 12.7 Å². The van der Waals surface area contributed by atoms with Crippen LogP contribution in [0.15, 0.2) is 52.3 Å². The highest BCUT2D eigenvalue weighted by molar-refractivity contribution is 7.99. The molecule has 2 rings (SSSR count). The van der Waals surface area contributed by atoms with E-state index in [4.69, 9.17) is 0 Å². The monoisotopic (exact) mass is 262 g/mol. The number of hydrogen-bond acceptors (Lipinski definition) is 2. The standard InChI is InChI=1S/C15H15FOS/c1-10-3-6-13(7-4-10)18-15-8-5-12(16)9-14(15)11(2)17/h3-9,11,17H,1-2H3/t11-/m1/s1. The first-order valence-electron chi connectivity index (χ1n) is 5.78. The van der Waals surface area contributed by atoms with Gasteiger partial charge < -0.3 is 5.11 Å². The fraction of sp³-hybridized carbons (Fsp3) is 0.200. The van der Waals surface area contributed by atoms with Gasteiger partial charge in [-0.25, -0.2) is 4.39 Å². The smallest absolute Gasteiger partial charge is 0.123 e. The zero-order chi connectivity index (χ0) is 13.1. The molecule has 2 aromatic rings. The maximum atomic E-state index is 13.2. The maximum absolute atomic E-state index is 13.2.